The quantitative estimate of drug-likeness (QED) is 0.142. The van der Waals surface area contributed by atoms with Gasteiger partial charge in [0.05, 0.1) is 6.04 Å². The summed E-state index contributed by atoms with van der Waals surface area (Å²) in [5.74, 6) is 0.835. The molecular weight excluding hydrogens is 544 g/mol. The minimum Gasteiger partial charge on any atom is -0.367 e. The van der Waals surface area contributed by atoms with E-state index in [-0.39, 0.29) is 6.04 Å². The van der Waals surface area contributed by atoms with Crippen molar-refractivity contribution in [2.75, 3.05) is 23.4 Å². The number of aryl methyl sites for hydroxylation is 1. The zero-order valence-corrected chi connectivity index (χ0v) is 26.7. The number of hydrogen-bond acceptors (Lipinski definition) is 2. The van der Waals surface area contributed by atoms with Gasteiger partial charge in [0.25, 0.3) is 0 Å². The third-order valence-electron chi connectivity index (χ3n) is 10.2. The van der Waals surface area contributed by atoms with Gasteiger partial charge in [0.15, 0.2) is 0 Å². The summed E-state index contributed by atoms with van der Waals surface area (Å²) in [7, 11) is 2.27. The molecule has 222 valence electrons. The average molecular weight is 585 g/mol. The predicted molar refractivity (Wildman–Crippen MR) is 196 cm³/mol. The second kappa shape index (κ2) is 11.0. The largest absolute Gasteiger partial charge is 0.367 e. The highest BCUT2D eigenvalue weighted by molar-refractivity contribution is 6.34. The molecule has 45 heavy (non-hydrogen) atoms. The van der Waals surface area contributed by atoms with E-state index in [4.69, 9.17) is 0 Å². The maximum Gasteiger partial charge on any atom is 0.0534 e. The monoisotopic (exact) mass is 584 g/mol. The molecule has 0 bridgehead atoms. The maximum absolute atomic E-state index is 2.52. The Kier molecular flexibility index (Phi) is 6.75. The highest BCUT2D eigenvalue weighted by Crippen LogP contribution is 2.43. The molecule has 3 atom stereocenters. The van der Waals surface area contributed by atoms with E-state index >= 15 is 0 Å². The van der Waals surface area contributed by atoms with Crippen molar-refractivity contribution < 1.29 is 0 Å². The van der Waals surface area contributed by atoms with E-state index in [9.17, 15) is 0 Å². The zero-order valence-electron chi connectivity index (χ0n) is 26.7. The fourth-order valence-electron chi connectivity index (χ4n) is 7.93. The first-order valence-electron chi connectivity index (χ1n) is 16.4. The lowest BCUT2D eigenvalue weighted by Gasteiger charge is -2.37. The van der Waals surface area contributed by atoms with Gasteiger partial charge < -0.3 is 9.80 Å². The van der Waals surface area contributed by atoms with Crippen molar-refractivity contribution in [1.82, 2.24) is 0 Å². The summed E-state index contributed by atoms with van der Waals surface area (Å²) in [4.78, 5) is 5.02. The Morgan fingerprint density at radius 1 is 0.689 bits per heavy atom. The SMILES string of the molecule is CC1=CC(CN(C2=CC(C)C(N(C)c3ccc4c5cccc6cccc(c7cccc3c74)c65)C=C2)c2ccc(C)cc2)CC=C1. The van der Waals surface area contributed by atoms with Crippen LogP contribution in [0.4, 0.5) is 11.4 Å². The molecule has 0 spiro atoms. The molecule has 6 aromatic carbocycles. The van der Waals surface area contributed by atoms with E-state index in [0.29, 0.717) is 11.8 Å². The molecule has 8 rings (SSSR count). The topological polar surface area (TPSA) is 6.48 Å². The van der Waals surface area contributed by atoms with Crippen LogP contribution in [-0.2, 0) is 0 Å². The molecule has 3 unspecified atom stereocenters. The number of anilines is 2. The van der Waals surface area contributed by atoms with Gasteiger partial charge in [0.1, 0.15) is 0 Å². The van der Waals surface area contributed by atoms with E-state index in [2.05, 4.69) is 165 Å². The Bertz CT molecular complexity index is 2130. The van der Waals surface area contributed by atoms with Crippen LogP contribution >= 0.6 is 0 Å². The number of rotatable bonds is 6. The number of fused-ring (bicyclic) bond motifs is 2. The predicted octanol–water partition coefficient (Wildman–Crippen LogP) is 11.0. The molecule has 0 aromatic heterocycles. The summed E-state index contributed by atoms with van der Waals surface area (Å²) >= 11 is 0. The third kappa shape index (κ3) is 4.71. The van der Waals surface area contributed by atoms with Gasteiger partial charge in [0, 0.05) is 42.0 Å². The molecule has 0 N–H and O–H groups in total. The van der Waals surface area contributed by atoms with Gasteiger partial charge in [-0.1, -0.05) is 121 Å². The molecule has 2 nitrogen and oxygen atoms in total. The third-order valence-corrected chi connectivity index (χ3v) is 10.2. The summed E-state index contributed by atoms with van der Waals surface area (Å²) in [6.45, 7) is 7.71. The van der Waals surface area contributed by atoms with Crippen LogP contribution in [0.1, 0.15) is 25.8 Å². The number of nitrogens with zero attached hydrogens (tertiary/aromatic N) is 2. The summed E-state index contributed by atoms with van der Waals surface area (Å²) < 4.78 is 0. The van der Waals surface area contributed by atoms with Crippen molar-refractivity contribution in [1.29, 1.82) is 0 Å². The molecule has 2 aliphatic rings. The molecule has 2 heteroatoms. The minimum atomic E-state index is 0.254. The van der Waals surface area contributed by atoms with Crippen LogP contribution < -0.4 is 9.80 Å². The zero-order chi connectivity index (χ0) is 30.7. The van der Waals surface area contributed by atoms with Crippen molar-refractivity contribution in [2.24, 2.45) is 11.8 Å². The maximum atomic E-state index is 2.52. The Balaban J connectivity index is 1.16. The van der Waals surface area contributed by atoms with Gasteiger partial charge in [-0.05, 0) is 88.2 Å². The van der Waals surface area contributed by atoms with E-state index in [1.165, 1.54) is 71.3 Å². The molecule has 0 saturated heterocycles. The van der Waals surface area contributed by atoms with E-state index in [1.807, 2.05) is 0 Å². The van der Waals surface area contributed by atoms with E-state index in [0.717, 1.165) is 13.0 Å². The second-order valence-corrected chi connectivity index (χ2v) is 13.2. The molecule has 0 heterocycles. The molecule has 0 radical (unpaired) electrons. The minimum absolute atomic E-state index is 0.254. The van der Waals surface area contributed by atoms with Crippen molar-refractivity contribution in [3.05, 3.63) is 144 Å². The fourth-order valence-corrected chi connectivity index (χ4v) is 7.93. The smallest absolute Gasteiger partial charge is 0.0534 e. The van der Waals surface area contributed by atoms with Crippen LogP contribution in [0.3, 0.4) is 0 Å². The molecule has 2 aliphatic carbocycles. The van der Waals surface area contributed by atoms with Crippen LogP contribution in [0.5, 0.6) is 0 Å². The number of likely N-dealkylation sites (N-methyl/N-ethyl adjacent to an activating group) is 1. The lowest BCUT2D eigenvalue weighted by Crippen LogP contribution is -2.38. The molecule has 0 saturated carbocycles. The van der Waals surface area contributed by atoms with Crippen LogP contribution in [0, 0.1) is 18.8 Å². The average Bonchev–Trinajstić information content (AvgIpc) is 3.06. The Hall–Kier alpha value is -4.82. The lowest BCUT2D eigenvalue weighted by molar-refractivity contribution is 0.581. The summed E-state index contributed by atoms with van der Waals surface area (Å²) in [5.41, 5.74) is 6.48. The molecule has 0 aliphatic heterocycles. The fraction of sp³-hybridized carbons (Fsp3) is 0.209. The van der Waals surface area contributed by atoms with Crippen molar-refractivity contribution in [3.8, 4) is 0 Å². The van der Waals surface area contributed by atoms with E-state index in [1.54, 1.807) is 0 Å². The molecule has 0 fully saturated rings. The highest BCUT2D eigenvalue weighted by Gasteiger charge is 2.26. The van der Waals surface area contributed by atoms with E-state index < -0.39 is 0 Å². The second-order valence-electron chi connectivity index (χ2n) is 13.2. The lowest BCUT2D eigenvalue weighted by atomic mass is 9.88. The van der Waals surface area contributed by atoms with Gasteiger partial charge in [-0.25, -0.2) is 0 Å². The Labute approximate surface area is 266 Å². The van der Waals surface area contributed by atoms with Crippen LogP contribution in [0.2, 0.25) is 0 Å². The number of allylic oxidation sites excluding steroid dienone is 4. The van der Waals surface area contributed by atoms with Gasteiger partial charge in [-0.3, -0.25) is 0 Å². The van der Waals surface area contributed by atoms with Crippen molar-refractivity contribution >= 4 is 54.5 Å². The first kappa shape index (κ1) is 27.7. The van der Waals surface area contributed by atoms with Gasteiger partial charge in [-0.2, -0.15) is 0 Å². The first-order chi connectivity index (χ1) is 22.0. The van der Waals surface area contributed by atoms with Crippen molar-refractivity contribution in [2.45, 2.75) is 33.2 Å². The highest BCUT2D eigenvalue weighted by atomic mass is 15.2. The molecule has 0 amide bonds. The Morgan fingerprint density at radius 3 is 2.07 bits per heavy atom. The Morgan fingerprint density at radius 2 is 1.36 bits per heavy atom. The standard InChI is InChI=1S/C43H40N2/c1-28-17-19-33(20-18-28)45(27-31-10-5-9-29(2)25-31)34-21-23-40(30(3)26-34)44(4)41-24-22-38-36-14-7-12-32-11-6-13-35(42(32)36)37-15-8-16-39(41)43(37)38/h5-9,11-26,30-31,40H,10,27H2,1-4H3. The summed E-state index contributed by atoms with van der Waals surface area (Å²) in [6, 6.07) is 34.3. The molecular formula is C43H40N2. The van der Waals surface area contributed by atoms with Gasteiger partial charge in [0.2, 0.25) is 0 Å². The van der Waals surface area contributed by atoms with Crippen LogP contribution in [0.25, 0.3) is 43.1 Å². The number of hydrogen-bond donors (Lipinski definition) is 0. The normalized spacial score (nSPS) is 19.9. The van der Waals surface area contributed by atoms with Crippen LogP contribution in [0.15, 0.2) is 139 Å². The first-order valence-corrected chi connectivity index (χ1v) is 16.4. The molecule has 6 aromatic rings. The van der Waals surface area contributed by atoms with Crippen LogP contribution in [-0.4, -0.2) is 19.6 Å². The van der Waals surface area contributed by atoms with Gasteiger partial charge >= 0.3 is 0 Å². The summed E-state index contributed by atoms with van der Waals surface area (Å²) in [5, 5.41) is 10.7. The van der Waals surface area contributed by atoms with Crippen molar-refractivity contribution in [3.63, 3.8) is 0 Å². The van der Waals surface area contributed by atoms with Gasteiger partial charge in [-0.15, -0.1) is 0 Å². The number of benzene rings is 6. The summed E-state index contributed by atoms with van der Waals surface area (Å²) in [6.07, 6.45) is 15.4.